The van der Waals surface area contributed by atoms with Gasteiger partial charge in [0.05, 0.1) is 14.2 Å². The molecule has 0 aromatic heterocycles. The Labute approximate surface area is 122 Å². The summed E-state index contributed by atoms with van der Waals surface area (Å²) < 4.78 is 10.6. The molecule has 112 valence electrons. The van der Waals surface area contributed by atoms with E-state index >= 15 is 0 Å². The van der Waals surface area contributed by atoms with Gasteiger partial charge < -0.3 is 19.7 Å². The summed E-state index contributed by atoms with van der Waals surface area (Å²) in [5.41, 5.74) is 1.20. The minimum Gasteiger partial charge on any atom is -0.497 e. The molecule has 0 bridgehead atoms. The first-order chi connectivity index (χ1) is 9.75. The van der Waals surface area contributed by atoms with Crippen LogP contribution in [-0.4, -0.2) is 45.3 Å². The topological polar surface area (TPSA) is 33.7 Å². The number of likely N-dealkylation sites (tertiary alicyclic amines) is 1. The number of nitrogens with one attached hydrogen (secondary N) is 1. The molecular weight excluding hydrogens is 252 g/mol. The molecule has 1 unspecified atom stereocenters. The molecule has 1 N–H and O–H groups in total. The summed E-state index contributed by atoms with van der Waals surface area (Å²) in [7, 11) is 3.37. The zero-order chi connectivity index (χ0) is 14.4. The maximum Gasteiger partial charge on any atom is 0.122 e. The summed E-state index contributed by atoms with van der Waals surface area (Å²) in [5, 5.41) is 3.55. The van der Waals surface area contributed by atoms with E-state index in [4.69, 9.17) is 9.47 Å². The fourth-order valence-corrected chi connectivity index (χ4v) is 2.76. The summed E-state index contributed by atoms with van der Waals surface area (Å²) in [6.45, 7) is 7.81. The third-order valence-electron chi connectivity index (χ3n) is 3.99. The van der Waals surface area contributed by atoms with E-state index in [9.17, 15) is 0 Å². The van der Waals surface area contributed by atoms with Crippen molar-refractivity contribution in [1.29, 1.82) is 0 Å². The predicted octanol–water partition coefficient (Wildman–Crippen LogP) is 2.14. The minimum absolute atomic E-state index is 0.780. The molecule has 1 atom stereocenters. The van der Waals surface area contributed by atoms with Crippen LogP contribution in [0.25, 0.3) is 0 Å². The molecule has 1 aromatic carbocycles. The normalized spacial score (nSPS) is 19.2. The van der Waals surface area contributed by atoms with Gasteiger partial charge >= 0.3 is 0 Å². The van der Waals surface area contributed by atoms with E-state index in [2.05, 4.69) is 29.3 Å². The van der Waals surface area contributed by atoms with Gasteiger partial charge in [0.1, 0.15) is 11.5 Å². The first kappa shape index (κ1) is 15.1. The van der Waals surface area contributed by atoms with Gasteiger partial charge in [-0.05, 0) is 49.7 Å². The number of methoxy groups -OCH3 is 2. The van der Waals surface area contributed by atoms with Crippen LogP contribution in [0.4, 0.5) is 0 Å². The molecular formula is C16H26N2O2. The molecule has 4 nitrogen and oxygen atoms in total. The second kappa shape index (κ2) is 7.50. The van der Waals surface area contributed by atoms with E-state index in [1.165, 1.54) is 31.6 Å². The molecule has 1 aliphatic rings. The van der Waals surface area contributed by atoms with Gasteiger partial charge in [-0.15, -0.1) is 0 Å². The van der Waals surface area contributed by atoms with Crippen LogP contribution in [0, 0.1) is 5.92 Å². The number of nitrogens with zero attached hydrogens (tertiary/aromatic N) is 1. The van der Waals surface area contributed by atoms with Crippen molar-refractivity contribution in [3.63, 3.8) is 0 Å². The Balaban J connectivity index is 1.82. The molecule has 1 saturated heterocycles. The predicted molar refractivity (Wildman–Crippen MR) is 81.5 cm³/mol. The number of benzene rings is 1. The third kappa shape index (κ3) is 4.12. The first-order valence-electron chi connectivity index (χ1n) is 7.40. The molecule has 20 heavy (non-hydrogen) atoms. The molecule has 0 radical (unpaired) electrons. The standard InChI is InChI=1S/C16H26N2O2/c1-4-18-6-5-13(12-18)10-17-11-14-7-15(19-2)9-16(8-14)20-3/h7-9,13,17H,4-6,10-12H2,1-3H3. The van der Waals surface area contributed by atoms with E-state index in [1.54, 1.807) is 14.2 Å². The Morgan fingerprint density at radius 3 is 2.45 bits per heavy atom. The van der Waals surface area contributed by atoms with Crippen molar-refractivity contribution in [1.82, 2.24) is 10.2 Å². The fraction of sp³-hybridized carbons (Fsp3) is 0.625. The molecule has 1 heterocycles. The zero-order valence-corrected chi connectivity index (χ0v) is 12.8. The molecule has 2 rings (SSSR count). The van der Waals surface area contributed by atoms with Gasteiger partial charge in [0.2, 0.25) is 0 Å². The highest BCUT2D eigenvalue weighted by molar-refractivity contribution is 5.38. The van der Waals surface area contributed by atoms with Gasteiger partial charge in [-0.25, -0.2) is 0 Å². The van der Waals surface area contributed by atoms with Crippen LogP contribution in [0.15, 0.2) is 18.2 Å². The minimum atomic E-state index is 0.780. The molecule has 4 heteroatoms. The van der Waals surface area contributed by atoms with E-state index < -0.39 is 0 Å². The lowest BCUT2D eigenvalue weighted by Crippen LogP contribution is -2.26. The molecule has 0 amide bonds. The SMILES string of the molecule is CCN1CCC(CNCc2cc(OC)cc(OC)c2)C1. The van der Waals surface area contributed by atoms with Gasteiger partial charge in [0.15, 0.2) is 0 Å². The summed E-state index contributed by atoms with van der Waals surface area (Å²) in [5.74, 6) is 2.47. The average molecular weight is 278 g/mol. The van der Waals surface area contributed by atoms with Gasteiger partial charge in [0.25, 0.3) is 0 Å². The van der Waals surface area contributed by atoms with Crippen LogP contribution >= 0.6 is 0 Å². The van der Waals surface area contributed by atoms with E-state index in [1.807, 2.05) is 6.07 Å². The van der Waals surface area contributed by atoms with Gasteiger partial charge in [-0.1, -0.05) is 6.92 Å². The maximum absolute atomic E-state index is 5.29. The van der Waals surface area contributed by atoms with Crippen LogP contribution in [0.1, 0.15) is 18.9 Å². The molecule has 0 aliphatic carbocycles. The Morgan fingerprint density at radius 2 is 1.90 bits per heavy atom. The highest BCUT2D eigenvalue weighted by atomic mass is 16.5. The van der Waals surface area contributed by atoms with Crippen molar-refractivity contribution < 1.29 is 9.47 Å². The van der Waals surface area contributed by atoms with Gasteiger partial charge in [0, 0.05) is 19.2 Å². The van der Waals surface area contributed by atoms with E-state index in [-0.39, 0.29) is 0 Å². The van der Waals surface area contributed by atoms with Crippen LogP contribution in [0.5, 0.6) is 11.5 Å². The van der Waals surface area contributed by atoms with Crippen LogP contribution in [0.3, 0.4) is 0 Å². The van der Waals surface area contributed by atoms with E-state index in [0.29, 0.717) is 0 Å². The lowest BCUT2D eigenvalue weighted by molar-refractivity contribution is 0.338. The number of hydrogen-bond acceptors (Lipinski definition) is 4. The van der Waals surface area contributed by atoms with Crippen molar-refractivity contribution in [3.8, 4) is 11.5 Å². The number of ether oxygens (including phenoxy) is 2. The van der Waals surface area contributed by atoms with Crippen LogP contribution in [0.2, 0.25) is 0 Å². The van der Waals surface area contributed by atoms with Crippen molar-refractivity contribution >= 4 is 0 Å². The van der Waals surface area contributed by atoms with Crippen LogP contribution < -0.4 is 14.8 Å². The second-order valence-corrected chi connectivity index (χ2v) is 5.40. The maximum atomic E-state index is 5.29. The first-order valence-corrected chi connectivity index (χ1v) is 7.40. The third-order valence-corrected chi connectivity index (χ3v) is 3.99. The van der Waals surface area contributed by atoms with Crippen molar-refractivity contribution in [2.24, 2.45) is 5.92 Å². The monoisotopic (exact) mass is 278 g/mol. The average Bonchev–Trinajstić information content (AvgIpc) is 2.94. The van der Waals surface area contributed by atoms with E-state index in [0.717, 1.165) is 30.5 Å². The molecule has 1 aliphatic heterocycles. The zero-order valence-electron chi connectivity index (χ0n) is 12.8. The molecule has 0 spiro atoms. The van der Waals surface area contributed by atoms with Crippen LogP contribution in [-0.2, 0) is 6.54 Å². The summed E-state index contributed by atoms with van der Waals surface area (Å²) in [6.07, 6.45) is 1.31. The molecule has 1 aromatic rings. The lowest BCUT2D eigenvalue weighted by Gasteiger charge is -2.14. The summed E-state index contributed by atoms with van der Waals surface area (Å²) >= 11 is 0. The number of hydrogen-bond donors (Lipinski definition) is 1. The largest absolute Gasteiger partial charge is 0.497 e. The van der Waals surface area contributed by atoms with Crippen molar-refractivity contribution in [3.05, 3.63) is 23.8 Å². The lowest BCUT2D eigenvalue weighted by atomic mass is 10.1. The highest BCUT2D eigenvalue weighted by Crippen LogP contribution is 2.22. The molecule has 1 fully saturated rings. The summed E-state index contributed by atoms with van der Waals surface area (Å²) in [6, 6.07) is 6.02. The Hall–Kier alpha value is -1.26. The Bertz CT molecular complexity index is 401. The molecule has 0 saturated carbocycles. The fourth-order valence-electron chi connectivity index (χ4n) is 2.76. The van der Waals surface area contributed by atoms with Crippen molar-refractivity contribution in [2.75, 3.05) is 40.4 Å². The Morgan fingerprint density at radius 1 is 1.20 bits per heavy atom. The van der Waals surface area contributed by atoms with Gasteiger partial charge in [-0.3, -0.25) is 0 Å². The summed E-state index contributed by atoms with van der Waals surface area (Å²) in [4.78, 5) is 2.51. The van der Waals surface area contributed by atoms with Gasteiger partial charge in [-0.2, -0.15) is 0 Å². The second-order valence-electron chi connectivity index (χ2n) is 5.40. The van der Waals surface area contributed by atoms with Crippen molar-refractivity contribution in [2.45, 2.75) is 19.9 Å². The smallest absolute Gasteiger partial charge is 0.122 e. The quantitative estimate of drug-likeness (QED) is 0.828. The number of rotatable bonds is 7. The Kier molecular flexibility index (Phi) is 5.68. The highest BCUT2D eigenvalue weighted by Gasteiger charge is 2.20.